The third-order valence-electron chi connectivity index (χ3n) is 3.82. The molecule has 2 aromatic rings. The molecule has 6 nitrogen and oxygen atoms in total. The van der Waals surface area contributed by atoms with Gasteiger partial charge < -0.3 is 10.4 Å². The van der Waals surface area contributed by atoms with Crippen molar-refractivity contribution in [1.82, 2.24) is 20.1 Å². The Bertz CT molecular complexity index is 716. The SMILES string of the molecule is Cc1cccnc1-n1nc(C(=O)NCC(C)CO)cc1C(C)(C)C. The van der Waals surface area contributed by atoms with E-state index in [1.165, 1.54) is 0 Å². The lowest BCUT2D eigenvalue weighted by Gasteiger charge is -2.20. The van der Waals surface area contributed by atoms with Crippen LogP contribution in [0.3, 0.4) is 0 Å². The van der Waals surface area contributed by atoms with Crippen molar-refractivity contribution in [2.75, 3.05) is 13.2 Å². The first-order valence-electron chi connectivity index (χ1n) is 8.15. The number of nitrogens with one attached hydrogen (secondary N) is 1. The molecule has 2 aromatic heterocycles. The number of amides is 1. The Balaban J connectivity index is 2.40. The summed E-state index contributed by atoms with van der Waals surface area (Å²) in [5.41, 5.74) is 2.08. The van der Waals surface area contributed by atoms with Gasteiger partial charge in [-0.2, -0.15) is 5.10 Å². The largest absolute Gasteiger partial charge is 0.396 e. The molecule has 1 unspecified atom stereocenters. The molecule has 2 heterocycles. The average molecular weight is 330 g/mol. The second-order valence-corrected chi connectivity index (χ2v) is 7.22. The number of aliphatic hydroxyl groups excluding tert-OH is 1. The van der Waals surface area contributed by atoms with Crippen LogP contribution in [-0.4, -0.2) is 38.9 Å². The molecule has 1 atom stereocenters. The highest BCUT2D eigenvalue weighted by atomic mass is 16.3. The van der Waals surface area contributed by atoms with E-state index < -0.39 is 0 Å². The Morgan fingerprint density at radius 2 is 2.12 bits per heavy atom. The molecule has 0 fully saturated rings. The fourth-order valence-electron chi connectivity index (χ4n) is 2.31. The van der Waals surface area contributed by atoms with E-state index in [2.05, 4.69) is 36.2 Å². The molecule has 1 amide bonds. The zero-order valence-corrected chi connectivity index (χ0v) is 15.0. The first-order chi connectivity index (χ1) is 11.2. The number of pyridine rings is 1. The van der Waals surface area contributed by atoms with Gasteiger partial charge in [0.2, 0.25) is 0 Å². The van der Waals surface area contributed by atoms with E-state index in [9.17, 15) is 4.79 Å². The Kier molecular flexibility index (Phi) is 5.39. The maximum atomic E-state index is 12.4. The maximum Gasteiger partial charge on any atom is 0.271 e. The molecule has 130 valence electrons. The third-order valence-corrected chi connectivity index (χ3v) is 3.82. The summed E-state index contributed by atoms with van der Waals surface area (Å²) in [5.74, 6) is 0.495. The summed E-state index contributed by atoms with van der Waals surface area (Å²) in [6, 6.07) is 5.66. The van der Waals surface area contributed by atoms with Gasteiger partial charge in [-0.3, -0.25) is 4.79 Å². The van der Waals surface area contributed by atoms with Gasteiger partial charge in [-0.25, -0.2) is 9.67 Å². The molecule has 0 aliphatic carbocycles. The number of nitrogens with zero attached hydrogens (tertiary/aromatic N) is 3. The van der Waals surface area contributed by atoms with Gasteiger partial charge in [-0.05, 0) is 30.5 Å². The van der Waals surface area contributed by atoms with Gasteiger partial charge in [0.15, 0.2) is 11.5 Å². The summed E-state index contributed by atoms with van der Waals surface area (Å²) in [7, 11) is 0. The van der Waals surface area contributed by atoms with Gasteiger partial charge in [0.05, 0.1) is 5.69 Å². The number of carbonyl (C=O) groups is 1. The molecule has 0 aromatic carbocycles. The highest BCUT2D eigenvalue weighted by molar-refractivity contribution is 5.92. The number of rotatable bonds is 5. The maximum absolute atomic E-state index is 12.4. The van der Waals surface area contributed by atoms with Crippen LogP contribution in [0.5, 0.6) is 0 Å². The van der Waals surface area contributed by atoms with E-state index in [0.717, 1.165) is 17.1 Å². The lowest BCUT2D eigenvalue weighted by atomic mass is 9.91. The van der Waals surface area contributed by atoms with Crippen molar-refractivity contribution < 1.29 is 9.90 Å². The fraction of sp³-hybridized carbons (Fsp3) is 0.500. The molecule has 0 aliphatic rings. The zero-order valence-electron chi connectivity index (χ0n) is 15.0. The summed E-state index contributed by atoms with van der Waals surface area (Å²) in [6.07, 6.45) is 1.72. The van der Waals surface area contributed by atoms with Crippen LogP contribution in [0, 0.1) is 12.8 Å². The predicted octanol–water partition coefficient (Wildman–Crippen LogP) is 2.23. The van der Waals surface area contributed by atoms with Crippen LogP contribution in [0.4, 0.5) is 0 Å². The molecular weight excluding hydrogens is 304 g/mol. The monoisotopic (exact) mass is 330 g/mol. The van der Waals surface area contributed by atoms with Gasteiger partial charge in [-0.1, -0.05) is 33.8 Å². The first-order valence-corrected chi connectivity index (χ1v) is 8.15. The number of aromatic nitrogens is 3. The first kappa shape index (κ1) is 18.1. The summed E-state index contributed by atoms with van der Waals surface area (Å²) < 4.78 is 1.75. The Morgan fingerprint density at radius 3 is 2.71 bits per heavy atom. The Hall–Kier alpha value is -2.21. The molecule has 2 N–H and O–H groups in total. The molecule has 0 spiro atoms. The molecule has 2 rings (SSSR count). The minimum absolute atomic E-state index is 0.0103. The molecule has 0 bridgehead atoms. The molecule has 24 heavy (non-hydrogen) atoms. The van der Waals surface area contributed by atoms with E-state index >= 15 is 0 Å². The summed E-state index contributed by atoms with van der Waals surface area (Å²) in [6.45, 7) is 10.5. The van der Waals surface area contributed by atoms with Crippen molar-refractivity contribution in [3.8, 4) is 5.82 Å². The summed E-state index contributed by atoms with van der Waals surface area (Å²) >= 11 is 0. The van der Waals surface area contributed by atoms with Crippen LogP contribution in [0.2, 0.25) is 0 Å². The van der Waals surface area contributed by atoms with E-state index in [1.54, 1.807) is 10.9 Å². The van der Waals surface area contributed by atoms with Crippen molar-refractivity contribution in [2.24, 2.45) is 5.92 Å². The van der Waals surface area contributed by atoms with Crippen molar-refractivity contribution in [2.45, 2.75) is 40.0 Å². The average Bonchev–Trinajstić information content (AvgIpc) is 2.98. The number of hydrogen-bond donors (Lipinski definition) is 2. The molecule has 0 radical (unpaired) electrons. The second kappa shape index (κ2) is 7.13. The molecule has 0 aliphatic heterocycles. The van der Waals surface area contributed by atoms with E-state index in [-0.39, 0.29) is 23.8 Å². The molecule has 0 saturated carbocycles. The minimum atomic E-state index is -0.242. The summed E-state index contributed by atoms with van der Waals surface area (Å²) in [4.78, 5) is 16.8. The van der Waals surface area contributed by atoms with Gasteiger partial charge in [0.25, 0.3) is 5.91 Å². The highest BCUT2D eigenvalue weighted by Gasteiger charge is 2.25. The van der Waals surface area contributed by atoms with E-state index in [0.29, 0.717) is 12.2 Å². The number of hydrogen-bond acceptors (Lipinski definition) is 4. The van der Waals surface area contributed by atoms with Crippen LogP contribution in [0.25, 0.3) is 5.82 Å². The van der Waals surface area contributed by atoms with E-state index in [1.807, 2.05) is 32.0 Å². The van der Waals surface area contributed by atoms with Crippen LogP contribution in [0.15, 0.2) is 24.4 Å². The number of carbonyl (C=O) groups excluding carboxylic acids is 1. The Morgan fingerprint density at radius 1 is 1.42 bits per heavy atom. The summed E-state index contributed by atoms with van der Waals surface area (Å²) in [5, 5.41) is 16.4. The Labute approximate surface area is 142 Å². The highest BCUT2D eigenvalue weighted by Crippen LogP contribution is 2.26. The quantitative estimate of drug-likeness (QED) is 0.881. The molecule has 0 saturated heterocycles. The van der Waals surface area contributed by atoms with Gasteiger partial charge in [-0.15, -0.1) is 0 Å². The number of aliphatic hydroxyl groups is 1. The van der Waals surface area contributed by atoms with Crippen molar-refractivity contribution in [3.05, 3.63) is 41.3 Å². The van der Waals surface area contributed by atoms with Crippen molar-refractivity contribution >= 4 is 5.91 Å². The molecular formula is C18H26N4O2. The van der Waals surface area contributed by atoms with Crippen LogP contribution < -0.4 is 5.32 Å². The van der Waals surface area contributed by atoms with Crippen molar-refractivity contribution in [1.29, 1.82) is 0 Å². The minimum Gasteiger partial charge on any atom is -0.396 e. The topological polar surface area (TPSA) is 80.0 Å². The smallest absolute Gasteiger partial charge is 0.271 e. The lowest BCUT2D eigenvalue weighted by Crippen LogP contribution is -2.29. The fourth-order valence-corrected chi connectivity index (χ4v) is 2.31. The van der Waals surface area contributed by atoms with Gasteiger partial charge >= 0.3 is 0 Å². The lowest BCUT2D eigenvalue weighted by molar-refractivity contribution is 0.0937. The van der Waals surface area contributed by atoms with Gasteiger partial charge in [0.1, 0.15) is 0 Å². The standard InChI is InChI=1S/C18H26N4O2/c1-12(11-23)10-20-17(24)14-9-15(18(3,4)5)22(21-14)16-13(2)7-6-8-19-16/h6-9,12,23H,10-11H2,1-5H3,(H,20,24). The second-order valence-electron chi connectivity index (χ2n) is 7.22. The predicted molar refractivity (Wildman–Crippen MR) is 93.4 cm³/mol. The molecule has 6 heteroatoms. The van der Waals surface area contributed by atoms with E-state index in [4.69, 9.17) is 5.11 Å². The van der Waals surface area contributed by atoms with Gasteiger partial charge in [0, 0.05) is 24.8 Å². The van der Waals surface area contributed by atoms with Crippen LogP contribution in [-0.2, 0) is 5.41 Å². The zero-order chi connectivity index (χ0) is 17.9. The van der Waals surface area contributed by atoms with Crippen LogP contribution in [0.1, 0.15) is 49.4 Å². The number of aryl methyl sites for hydroxylation is 1. The third kappa shape index (κ3) is 4.00. The normalized spacial score (nSPS) is 12.9. The van der Waals surface area contributed by atoms with Crippen molar-refractivity contribution in [3.63, 3.8) is 0 Å². The van der Waals surface area contributed by atoms with Crippen LogP contribution >= 0.6 is 0 Å².